The Morgan fingerprint density at radius 1 is 1.11 bits per heavy atom. The zero-order valence-corrected chi connectivity index (χ0v) is 15.2. The van der Waals surface area contributed by atoms with Gasteiger partial charge in [-0.15, -0.1) is 0 Å². The Morgan fingerprint density at radius 2 is 1.93 bits per heavy atom. The quantitative estimate of drug-likeness (QED) is 0.718. The van der Waals surface area contributed by atoms with E-state index < -0.39 is 11.7 Å². The highest BCUT2D eigenvalue weighted by Gasteiger charge is 2.31. The standard InChI is InChI=1S/C21H20F3NO3/c22-21(23,24)17-5-1-3-14(9-17)11-25-8-2-4-16(12-25)20(26)15-6-7-18-19(10-15)28-13-27-18/h1,3,5-7,9-10,16H,2,4,8,11-13H2/t16-/m0/s1. The number of ether oxygens (including phenoxy) is 2. The van der Waals surface area contributed by atoms with Crippen molar-refractivity contribution in [3.8, 4) is 11.5 Å². The molecule has 0 amide bonds. The van der Waals surface area contributed by atoms with Gasteiger partial charge in [0.2, 0.25) is 6.79 Å². The van der Waals surface area contributed by atoms with Gasteiger partial charge in [-0.25, -0.2) is 0 Å². The van der Waals surface area contributed by atoms with Crippen molar-refractivity contribution in [2.24, 2.45) is 5.92 Å². The molecule has 2 aromatic rings. The maximum atomic E-state index is 12.9. The van der Waals surface area contributed by atoms with Gasteiger partial charge in [0, 0.05) is 24.6 Å². The second-order valence-electron chi connectivity index (χ2n) is 7.20. The molecule has 1 saturated heterocycles. The van der Waals surface area contributed by atoms with E-state index in [1.165, 1.54) is 12.1 Å². The van der Waals surface area contributed by atoms with Crippen LogP contribution in [-0.4, -0.2) is 30.6 Å². The first kappa shape index (κ1) is 18.8. The number of rotatable bonds is 4. The number of alkyl halides is 3. The van der Waals surface area contributed by atoms with Crippen molar-refractivity contribution in [2.75, 3.05) is 19.9 Å². The number of Topliss-reactive ketones (excluding diaryl/α,β-unsaturated/α-hetero) is 1. The van der Waals surface area contributed by atoms with Crippen LogP contribution in [0.2, 0.25) is 0 Å². The molecule has 0 unspecified atom stereocenters. The molecule has 0 spiro atoms. The Labute approximate surface area is 160 Å². The van der Waals surface area contributed by atoms with Crippen LogP contribution in [0.15, 0.2) is 42.5 Å². The van der Waals surface area contributed by atoms with Crippen molar-refractivity contribution in [2.45, 2.75) is 25.6 Å². The molecule has 4 rings (SSSR count). The van der Waals surface area contributed by atoms with Gasteiger partial charge in [0.05, 0.1) is 5.56 Å². The van der Waals surface area contributed by atoms with Crippen molar-refractivity contribution in [1.29, 1.82) is 0 Å². The number of carbonyl (C=O) groups is 1. The predicted molar refractivity (Wildman–Crippen MR) is 96.3 cm³/mol. The highest BCUT2D eigenvalue weighted by molar-refractivity contribution is 5.98. The van der Waals surface area contributed by atoms with Crippen molar-refractivity contribution >= 4 is 5.78 Å². The van der Waals surface area contributed by atoms with E-state index in [4.69, 9.17) is 9.47 Å². The molecular weight excluding hydrogens is 371 g/mol. The van der Waals surface area contributed by atoms with Crippen LogP contribution in [0.25, 0.3) is 0 Å². The average molecular weight is 391 g/mol. The first-order chi connectivity index (χ1) is 13.4. The van der Waals surface area contributed by atoms with Crippen molar-refractivity contribution in [3.05, 3.63) is 59.2 Å². The number of carbonyl (C=O) groups excluding carboxylic acids is 1. The lowest BCUT2D eigenvalue weighted by Gasteiger charge is -2.32. The van der Waals surface area contributed by atoms with Gasteiger partial charge in [0.1, 0.15) is 0 Å². The monoisotopic (exact) mass is 391 g/mol. The first-order valence-corrected chi connectivity index (χ1v) is 9.22. The van der Waals surface area contributed by atoms with E-state index in [0.29, 0.717) is 35.7 Å². The lowest BCUT2D eigenvalue weighted by Crippen LogP contribution is -2.38. The zero-order chi connectivity index (χ0) is 19.7. The minimum absolute atomic E-state index is 0.0343. The Hall–Kier alpha value is -2.54. The number of likely N-dealkylation sites (tertiary alicyclic amines) is 1. The van der Waals surface area contributed by atoms with E-state index in [-0.39, 0.29) is 18.5 Å². The normalized spacial score (nSPS) is 19.6. The number of nitrogens with zero attached hydrogens (tertiary/aromatic N) is 1. The highest BCUT2D eigenvalue weighted by Crippen LogP contribution is 2.34. The maximum absolute atomic E-state index is 12.9. The van der Waals surface area contributed by atoms with Gasteiger partial charge in [0.25, 0.3) is 0 Å². The lowest BCUT2D eigenvalue weighted by molar-refractivity contribution is -0.137. The number of fused-ring (bicyclic) bond motifs is 1. The van der Waals surface area contributed by atoms with Gasteiger partial charge in [-0.05, 0) is 49.2 Å². The Kier molecular flexibility index (Phi) is 5.02. The second kappa shape index (κ2) is 7.47. The minimum atomic E-state index is -4.35. The van der Waals surface area contributed by atoms with Crippen LogP contribution in [0.4, 0.5) is 13.2 Å². The topological polar surface area (TPSA) is 38.8 Å². The molecule has 7 heteroatoms. The maximum Gasteiger partial charge on any atom is 0.416 e. The molecule has 1 atom stereocenters. The van der Waals surface area contributed by atoms with Crippen LogP contribution in [0.3, 0.4) is 0 Å². The Morgan fingerprint density at radius 3 is 2.75 bits per heavy atom. The number of ketones is 1. The van der Waals surface area contributed by atoms with Crippen LogP contribution >= 0.6 is 0 Å². The average Bonchev–Trinajstić information content (AvgIpc) is 3.15. The summed E-state index contributed by atoms with van der Waals surface area (Å²) in [7, 11) is 0. The minimum Gasteiger partial charge on any atom is -0.454 e. The summed E-state index contributed by atoms with van der Waals surface area (Å²) in [6.45, 7) is 1.85. The molecule has 4 nitrogen and oxygen atoms in total. The van der Waals surface area contributed by atoms with E-state index in [9.17, 15) is 18.0 Å². The summed E-state index contributed by atoms with van der Waals surface area (Å²) in [5, 5.41) is 0. The van der Waals surface area contributed by atoms with Crippen LogP contribution in [0.5, 0.6) is 11.5 Å². The Balaban J connectivity index is 1.44. The summed E-state index contributed by atoms with van der Waals surface area (Å²) in [4.78, 5) is 15.0. The third-order valence-electron chi connectivity index (χ3n) is 5.19. The summed E-state index contributed by atoms with van der Waals surface area (Å²) in [6, 6.07) is 10.6. The van der Waals surface area contributed by atoms with Crippen LogP contribution in [0.1, 0.15) is 34.3 Å². The molecule has 148 valence electrons. The number of halogens is 3. The molecule has 2 heterocycles. The summed E-state index contributed by atoms with van der Waals surface area (Å²) in [5.41, 5.74) is 0.538. The molecule has 0 saturated carbocycles. The zero-order valence-electron chi connectivity index (χ0n) is 15.2. The van der Waals surface area contributed by atoms with Gasteiger partial charge in [-0.1, -0.05) is 18.2 Å². The van der Waals surface area contributed by atoms with Crippen LogP contribution in [0, 0.1) is 5.92 Å². The fraction of sp³-hybridized carbons (Fsp3) is 0.381. The molecule has 0 aliphatic carbocycles. The predicted octanol–water partition coefficient (Wildman–Crippen LogP) is 4.53. The fourth-order valence-corrected chi connectivity index (χ4v) is 3.80. The molecule has 0 aromatic heterocycles. The summed E-state index contributed by atoms with van der Waals surface area (Å²) >= 11 is 0. The smallest absolute Gasteiger partial charge is 0.416 e. The molecule has 1 fully saturated rings. The third kappa shape index (κ3) is 3.99. The van der Waals surface area contributed by atoms with Crippen molar-refractivity contribution < 1.29 is 27.4 Å². The fourth-order valence-electron chi connectivity index (χ4n) is 3.80. The van der Waals surface area contributed by atoms with Crippen LogP contribution in [-0.2, 0) is 12.7 Å². The van der Waals surface area contributed by atoms with Gasteiger partial charge < -0.3 is 9.47 Å². The van der Waals surface area contributed by atoms with Gasteiger partial charge in [-0.2, -0.15) is 13.2 Å². The summed E-state index contributed by atoms with van der Waals surface area (Å²) in [6.07, 6.45) is -2.75. The molecule has 0 N–H and O–H groups in total. The molecule has 28 heavy (non-hydrogen) atoms. The third-order valence-corrected chi connectivity index (χ3v) is 5.19. The van der Waals surface area contributed by atoms with Gasteiger partial charge in [-0.3, -0.25) is 9.69 Å². The largest absolute Gasteiger partial charge is 0.454 e. The van der Waals surface area contributed by atoms with Crippen molar-refractivity contribution in [1.82, 2.24) is 4.90 Å². The highest BCUT2D eigenvalue weighted by atomic mass is 19.4. The lowest BCUT2D eigenvalue weighted by atomic mass is 9.89. The molecule has 2 aliphatic heterocycles. The molecular formula is C21H20F3NO3. The SMILES string of the molecule is O=C(c1ccc2c(c1)OCO2)[C@H]1CCCN(Cc2cccc(C(F)(F)F)c2)C1. The number of hydrogen-bond acceptors (Lipinski definition) is 4. The van der Waals surface area contributed by atoms with E-state index in [2.05, 4.69) is 4.90 Å². The first-order valence-electron chi connectivity index (χ1n) is 9.22. The molecule has 2 aromatic carbocycles. The second-order valence-corrected chi connectivity index (χ2v) is 7.20. The number of hydrogen-bond donors (Lipinski definition) is 0. The number of piperidine rings is 1. The Bertz CT molecular complexity index is 881. The van der Waals surface area contributed by atoms with Crippen molar-refractivity contribution in [3.63, 3.8) is 0 Å². The number of benzene rings is 2. The van der Waals surface area contributed by atoms with E-state index in [0.717, 1.165) is 25.5 Å². The molecule has 0 radical (unpaired) electrons. The molecule has 0 bridgehead atoms. The van der Waals surface area contributed by atoms with Crippen LogP contribution < -0.4 is 9.47 Å². The van der Waals surface area contributed by atoms with E-state index in [1.807, 2.05) is 0 Å². The molecule has 2 aliphatic rings. The summed E-state index contributed by atoms with van der Waals surface area (Å²) in [5.74, 6) is 1.06. The van der Waals surface area contributed by atoms with E-state index >= 15 is 0 Å². The van der Waals surface area contributed by atoms with Gasteiger partial charge >= 0.3 is 6.18 Å². The van der Waals surface area contributed by atoms with Gasteiger partial charge in [0.15, 0.2) is 17.3 Å². The summed E-state index contributed by atoms with van der Waals surface area (Å²) < 4.78 is 49.4. The van der Waals surface area contributed by atoms with E-state index in [1.54, 1.807) is 24.3 Å².